The molecule has 0 bridgehead atoms. The van der Waals surface area contributed by atoms with Crippen LogP contribution in [-0.2, 0) is 0 Å². The molecule has 6 heteroatoms. The monoisotopic (exact) mass is 388 g/mol. The molecule has 2 aromatic carbocycles. The summed E-state index contributed by atoms with van der Waals surface area (Å²) in [7, 11) is 4.84. The average Bonchev–Trinajstić information content (AvgIpc) is 2.78. The number of benzene rings is 2. The van der Waals surface area contributed by atoms with Crippen molar-refractivity contribution < 1.29 is 18.6 Å². The minimum absolute atomic E-state index is 0.612. The average molecular weight is 388 g/mol. The fourth-order valence-electron chi connectivity index (χ4n) is 3.04. The Labute approximate surface area is 168 Å². The third-order valence-electron chi connectivity index (χ3n) is 4.50. The summed E-state index contributed by atoms with van der Waals surface area (Å²) in [5, 5.41) is 1.56. The SMILES string of the molecule is COc1ccc2oc(-c3ccc(OC)c(OC)c3)cc(=Nc3ccccn3)c2c1. The Kier molecular flexibility index (Phi) is 5.16. The van der Waals surface area contributed by atoms with E-state index in [0.29, 0.717) is 28.7 Å². The van der Waals surface area contributed by atoms with Gasteiger partial charge in [0, 0.05) is 23.2 Å². The van der Waals surface area contributed by atoms with Crippen LogP contribution in [0.15, 0.2) is 76.3 Å². The van der Waals surface area contributed by atoms with Crippen molar-refractivity contribution in [1.29, 1.82) is 0 Å². The molecular formula is C23H20N2O4. The predicted molar refractivity (Wildman–Crippen MR) is 111 cm³/mol. The summed E-state index contributed by atoms with van der Waals surface area (Å²) in [6.45, 7) is 0. The van der Waals surface area contributed by atoms with Gasteiger partial charge < -0.3 is 18.6 Å². The molecule has 0 fully saturated rings. The highest BCUT2D eigenvalue weighted by Gasteiger charge is 2.11. The van der Waals surface area contributed by atoms with Gasteiger partial charge >= 0.3 is 0 Å². The van der Waals surface area contributed by atoms with E-state index in [0.717, 1.165) is 22.1 Å². The van der Waals surface area contributed by atoms with Crippen LogP contribution in [0.1, 0.15) is 0 Å². The first kappa shape index (κ1) is 18.6. The number of ether oxygens (including phenoxy) is 3. The molecule has 6 nitrogen and oxygen atoms in total. The van der Waals surface area contributed by atoms with E-state index in [1.807, 2.05) is 60.7 Å². The topological polar surface area (TPSA) is 66.1 Å². The normalized spacial score (nSPS) is 11.5. The molecule has 2 heterocycles. The van der Waals surface area contributed by atoms with Crippen molar-refractivity contribution in [1.82, 2.24) is 4.98 Å². The number of nitrogens with zero attached hydrogens (tertiary/aromatic N) is 2. The van der Waals surface area contributed by atoms with Crippen LogP contribution in [0.25, 0.3) is 22.3 Å². The summed E-state index contributed by atoms with van der Waals surface area (Å²) in [5.74, 6) is 3.27. The van der Waals surface area contributed by atoms with Crippen LogP contribution in [0, 0.1) is 0 Å². The van der Waals surface area contributed by atoms with E-state index >= 15 is 0 Å². The molecule has 0 aliphatic carbocycles. The standard InChI is InChI=1S/C23H20N2O4/c1-26-16-8-10-19-17(13-16)18(25-23-6-4-5-11-24-23)14-21(29-19)15-7-9-20(27-2)22(12-15)28-3/h4-14H,1-3H3. The largest absolute Gasteiger partial charge is 0.497 e. The van der Waals surface area contributed by atoms with E-state index in [9.17, 15) is 0 Å². The van der Waals surface area contributed by atoms with Gasteiger partial charge in [-0.05, 0) is 48.5 Å². The molecule has 0 atom stereocenters. The van der Waals surface area contributed by atoms with E-state index in [1.54, 1.807) is 27.5 Å². The lowest BCUT2D eigenvalue weighted by molar-refractivity contribution is 0.355. The van der Waals surface area contributed by atoms with Crippen molar-refractivity contribution in [2.75, 3.05) is 21.3 Å². The van der Waals surface area contributed by atoms with Crippen molar-refractivity contribution in [3.8, 4) is 28.6 Å². The summed E-state index contributed by atoms with van der Waals surface area (Å²) in [5.41, 5.74) is 1.53. The maximum Gasteiger partial charge on any atom is 0.161 e. The predicted octanol–water partition coefficient (Wildman–Crippen LogP) is 4.75. The van der Waals surface area contributed by atoms with Crippen molar-refractivity contribution in [3.63, 3.8) is 0 Å². The maximum absolute atomic E-state index is 6.17. The first-order valence-corrected chi connectivity index (χ1v) is 9.02. The molecule has 0 N–H and O–H groups in total. The number of hydrogen-bond donors (Lipinski definition) is 0. The van der Waals surface area contributed by atoms with Gasteiger partial charge in [-0.1, -0.05) is 6.07 Å². The van der Waals surface area contributed by atoms with Gasteiger partial charge in [-0.2, -0.15) is 0 Å². The Balaban J connectivity index is 1.96. The number of hydrogen-bond acceptors (Lipinski definition) is 6. The second-order valence-electron chi connectivity index (χ2n) is 6.23. The second kappa shape index (κ2) is 8.06. The molecule has 4 aromatic rings. The number of pyridine rings is 1. The lowest BCUT2D eigenvalue weighted by Gasteiger charge is -2.10. The minimum atomic E-state index is 0.612. The molecule has 0 saturated carbocycles. The van der Waals surface area contributed by atoms with E-state index in [2.05, 4.69) is 4.98 Å². The highest BCUT2D eigenvalue weighted by atomic mass is 16.5. The summed E-state index contributed by atoms with van der Waals surface area (Å²) in [4.78, 5) is 9.04. The number of aromatic nitrogens is 1. The molecule has 0 aliphatic rings. The molecule has 2 aromatic heterocycles. The Bertz CT molecular complexity index is 1220. The third kappa shape index (κ3) is 3.78. The number of rotatable bonds is 5. The van der Waals surface area contributed by atoms with Crippen LogP contribution in [-0.4, -0.2) is 26.3 Å². The van der Waals surface area contributed by atoms with Crippen molar-refractivity contribution >= 4 is 16.8 Å². The van der Waals surface area contributed by atoms with Crippen LogP contribution in [0.5, 0.6) is 17.2 Å². The highest BCUT2D eigenvalue weighted by molar-refractivity contribution is 5.80. The molecule has 0 spiro atoms. The first-order chi connectivity index (χ1) is 14.2. The van der Waals surface area contributed by atoms with Crippen LogP contribution in [0.2, 0.25) is 0 Å². The van der Waals surface area contributed by atoms with Gasteiger partial charge in [0.1, 0.15) is 17.1 Å². The zero-order valence-electron chi connectivity index (χ0n) is 16.4. The van der Waals surface area contributed by atoms with Gasteiger partial charge in [0.2, 0.25) is 0 Å². The Morgan fingerprint density at radius 2 is 1.69 bits per heavy atom. The quantitative estimate of drug-likeness (QED) is 0.493. The van der Waals surface area contributed by atoms with Gasteiger partial charge in [-0.15, -0.1) is 0 Å². The lowest BCUT2D eigenvalue weighted by Crippen LogP contribution is -2.04. The number of methoxy groups -OCH3 is 3. The highest BCUT2D eigenvalue weighted by Crippen LogP contribution is 2.33. The molecule has 29 heavy (non-hydrogen) atoms. The van der Waals surface area contributed by atoms with Crippen LogP contribution < -0.4 is 19.6 Å². The fraction of sp³-hybridized carbons (Fsp3) is 0.130. The van der Waals surface area contributed by atoms with E-state index in [1.165, 1.54) is 0 Å². The Morgan fingerprint density at radius 3 is 2.41 bits per heavy atom. The minimum Gasteiger partial charge on any atom is -0.497 e. The van der Waals surface area contributed by atoms with Gasteiger partial charge in [0.25, 0.3) is 0 Å². The zero-order valence-corrected chi connectivity index (χ0v) is 16.4. The second-order valence-corrected chi connectivity index (χ2v) is 6.23. The molecule has 146 valence electrons. The summed E-state index contributed by atoms with van der Waals surface area (Å²) >= 11 is 0. The molecule has 0 amide bonds. The summed E-state index contributed by atoms with van der Waals surface area (Å²) in [6, 6.07) is 18.8. The lowest BCUT2D eigenvalue weighted by atomic mass is 10.1. The van der Waals surface area contributed by atoms with Crippen LogP contribution in [0.4, 0.5) is 5.82 Å². The van der Waals surface area contributed by atoms with Crippen LogP contribution >= 0.6 is 0 Å². The molecule has 0 unspecified atom stereocenters. The summed E-state index contributed by atoms with van der Waals surface area (Å²) in [6.07, 6.45) is 1.71. The van der Waals surface area contributed by atoms with Gasteiger partial charge in [-0.25, -0.2) is 9.98 Å². The van der Waals surface area contributed by atoms with Gasteiger partial charge in [0.15, 0.2) is 17.3 Å². The molecule has 0 radical (unpaired) electrons. The Morgan fingerprint density at radius 1 is 0.828 bits per heavy atom. The molecule has 4 rings (SSSR count). The van der Waals surface area contributed by atoms with E-state index in [-0.39, 0.29) is 0 Å². The smallest absolute Gasteiger partial charge is 0.161 e. The van der Waals surface area contributed by atoms with Gasteiger partial charge in [-0.3, -0.25) is 0 Å². The molecule has 0 aliphatic heterocycles. The fourth-order valence-corrected chi connectivity index (χ4v) is 3.04. The molecule has 0 saturated heterocycles. The van der Waals surface area contributed by atoms with E-state index < -0.39 is 0 Å². The third-order valence-corrected chi connectivity index (χ3v) is 4.50. The van der Waals surface area contributed by atoms with Crippen molar-refractivity contribution in [2.45, 2.75) is 0 Å². The maximum atomic E-state index is 6.17. The number of fused-ring (bicyclic) bond motifs is 1. The van der Waals surface area contributed by atoms with Crippen molar-refractivity contribution in [2.24, 2.45) is 4.99 Å². The van der Waals surface area contributed by atoms with Crippen LogP contribution in [0.3, 0.4) is 0 Å². The van der Waals surface area contributed by atoms with Crippen molar-refractivity contribution in [3.05, 3.63) is 72.2 Å². The van der Waals surface area contributed by atoms with E-state index in [4.69, 9.17) is 23.6 Å². The first-order valence-electron chi connectivity index (χ1n) is 9.02. The van der Waals surface area contributed by atoms with Gasteiger partial charge in [0.05, 0.1) is 26.7 Å². The summed E-state index contributed by atoms with van der Waals surface area (Å²) < 4.78 is 22.3. The molecular weight excluding hydrogens is 368 g/mol. The zero-order chi connectivity index (χ0) is 20.2. The Hall–Kier alpha value is -3.80.